The summed E-state index contributed by atoms with van der Waals surface area (Å²) in [5.41, 5.74) is 1.35. The van der Waals surface area contributed by atoms with Crippen molar-refractivity contribution in [3.05, 3.63) is 23.2 Å². The van der Waals surface area contributed by atoms with Crippen LogP contribution in [0.15, 0.2) is 23.2 Å². The van der Waals surface area contributed by atoms with Gasteiger partial charge in [0.25, 0.3) is 0 Å². The van der Waals surface area contributed by atoms with E-state index in [-0.39, 0.29) is 17.9 Å². The van der Waals surface area contributed by atoms with Crippen LogP contribution in [-0.2, 0) is 9.59 Å². The number of hydrogen-bond acceptors (Lipinski definition) is 4. The number of amides is 2. The molecular formula is C17H21N3O2S. The molecule has 122 valence electrons. The topological polar surface area (TPSA) is 62.3 Å². The van der Waals surface area contributed by atoms with Gasteiger partial charge in [0.1, 0.15) is 6.04 Å². The number of anilines is 1. The molecule has 4 rings (SSSR count). The monoisotopic (exact) mass is 331 g/mol. The Morgan fingerprint density at radius 2 is 1.96 bits per heavy atom. The van der Waals surface area contributed by atoms with E-state index >= 15 is 0 Å². The first-order valence-electron chi connectivity index (χ1n) is 8.45. The molecule has 3 fully saturated rings. The van der Waals surface area contributed by atoms with E-state index in [0.717, 1.165) is 12.8 Å². The lowest BCUT2D eigenvalue weighted by Gasteiger charge is -2.22. The van der Waals surface area contributed by atoms with Crippen LogP contribution in [0.3, 0.4) is 0 Å². The second kappa shape index (κ2) is 6.07. The molecule has 0 spiro atoms. The number of carbonyl (C=O) groups is 2. The molecule has 0 aromatic carbocycles. The molecule has 0 bridgehead atoms. The molecule has 1 aliphatic heterocycles. The quantitative estimate of drug-likeness (QED) is 0.844. The second-order valence-corrected chi connectivity index (χ2v) is 7.60. The fourth-order valence-electron chi connectivity index (χ4n) is 3.40. The highest BCUT2D eigenvalue weighted by Crippen LogP contribution is 2.48. The maximum atomic E-state index is 12.7. The number of hydrogen-bond donors (Lipinski definition) is 1. The predicted molar refractivity (Wildman–Crippen MR) is 89.0 cm³/mol. The van der Waals surface area contributed by atoms with Gasteiger partial charge in [-0.25, -0.2) is 4.98 Å². The highest BCUT2D eigenvalue weighted by molar-refractivity contribution is 7.13. The number of nitrogens with zero attached hydrogens (tertiary/aromatic N) is 2. The van der Waals surface area contributed by atoms with E-state index in [1.54, 1.807) is 11.1 Å². The van der Waals surface area contributed by atoms with Crippen LogP contribution in [0, 0.1) is 11.8 Å². The van der Waals surface area contributed by atoms with E-state index in [0.29, 0.717) is 23.5 Å². The van der Waals surface area contributed by atoms with Crippen LogP contribution in [0.4, 0.5) is 5.13 Å². The van der Waals surface area contributed by atoms with Gasteiger partial charge in [-0.2, -0.15) is 0 Å². The van der Waals surface area contributed by atoms with Crippen molar-refractivity contribution in [1.82, 2.24) is 9.88 Å². The van der Waals surface area contributed by atoms with Crippen LogP contribution in [0.1, 0.15) is 38.5 Å². The molecule has 1 atom stereocenters. The third-order valence-electron chi connectivity index (χ3n) is 4.89. The molecule has 23 heavy (non-hydrogen) atoms. The van der Waals surface area contributed by atoms with Crippen LogP contribution >= 0.6 is 11.3 Å². The lowest BCUT2D eigenvalue weighted by atomic mass is 10.1. The molecule has 1 N–H and O–H groups in total. The van der Waals surface area contributed by atoms with Crippen LogP contribution < -0.4 is 5.32 Å². The first kappa shape index (κ1) is 14.9. The molecule has 2 heterocycles. The second-order valence-electron chi connectivity index (χ2n) is 6.71. The molecule has 6 heteroatoms. The van der Waals surface area contributed by atoms with Gasteiger partial charge in [-0.05, 0) is 50.4 Å². The van der Waals surface area contributed by atoms with Crippen LogP contribution in [-0.4, -0.2) is 34.3 Å². The summed E-state index contributed by atoms with van der Waals surface area (Å²) < 4.78 is 0. The van der Waals surface area contributed by atoms with Crippen LogP contribution in [0.25, 0.3) is 0 Å². The van der Waals surface area contributed by atoms with Crippen molar-refractivity contribution in [2.75, 3.05) is 11.9 Å². The van der Waals surface area contributed by atoms with Crippen molar-refractivity contribution in [3.63, 3.8) is 0 Å². The highest BCUT2D eigenvalue weighted by Gasteiger charge is 2.39. The third kappa shape index (κ3) is 3.32. The minimum absolute atomic E-state index is 0.0237. The van der Waals surface area contributed by atoms with E-state index in [1.807, 2.05) is 11.5 Å². The van der Waals surface area contributed by atoms with Crippen LogP contribution in [0.5, 0.6) is 0 Å². The van der Waals surface area contributed by atoms with Gasteiger partial charge in [-0.1, -0.05) is 5.57 Å². The minimum atomic E-state index is -0.359. The number of rotatable bonds is 5. The summed E-state index contributed by atoms with van der Waals surface area (Å²) in [5.74, 6) is 1.18. The Kier molecular flexibility index (Phi) is 3.93. The molecule has 1 aromatic heterocycles. The molecule has 3 aliphatic rings. The molecule has 5 nitrogen and oxygen atoms in total. The first-order chi connectivity index (χ1) is 11.2. The van der Waals surface area contributed by atoms with Gasteiger partial charge in [-0.15, -0.1) is 11.3 Å². The minimum Gasteiger partial charge on any atom is -0.327 e. The average Bonchev–Trinajstić information content (AvgIpc) is 3.46. The van der Waals surface area contributed by atoms with Gasteiger partial charge in [0.2, 0.25) is 11.8 Å². The SMILES string of the molecule is O=C(Nc1nccs1)[C@@H]1CCCN1C(=O)C=C(C1CC1)C1CC1. The zero-order valence-corrected chi connectivity index (χ0v) is 13.8. The van der Waals surface area contributed by atoms with Gasteiger partial charge >= 0.3 is 0 Å². The lowest BCUT2D eigenvalue weighted by molar-refractivity contribution is -0.132. The summed E-state index contributed by atoms with van der Waals surface area (Å²) in [7, 11) is 0. The van der Waals surface area contributed by atoms with E-state index in [1.165, 1.54) is 42.6 Å². The van der Waals surface area contributed by atoms with E-state index < -0.39 is 0 Å². The predicted octanol–water partition coefficient (Wildman–Crippen LogP) is 2.82. The number of likely N-dealkylation sites (tertiary alicyclic amines) is 1. The summed E-state index contributed by atoms with van der Waals surface area (Å²) in [6.07, 6.45) is 10.0. The Labute approximate surface area is 139 Å². The summed E-state index contributed by atoms with van der Waals surface area (Å²) in [4.78, 5) is 31.0. The standard InChI is InChI=1S/C17H21N3O2S/c21-15(10-13(11-3-4-11)12-5-6-12)20-8-1-2-14(20)16(22)19-17-18-7-9-23-17/h7,9-12,14H,1-6,8H2,(H,18,19,22)/t14-/m0/s1. The van der Waals surface area contributed by atoms with Gasteiger partial charge in [-0.3, -0.25) is 9.59 Å². The summed E-state index contributed by atoms with van der Waals surface area (Å²) in [6.45, 7) is 0.675. The number of aromatic nitrogens is 1. The molecule has 1 aromatic rings. The maximum Gasteiger partial charge on any atom is 0.248 e. The fraction of sp³-hybridized carbons (Fsp3) is 0.588. The summed E-state index contributed by atoms with van der Waals surface area (Å²) in [6, 6.07) is -0.359. The average molecular weight is 331 g/mol. The molecule has 1 saturated heterocycles. The number of allylic oxidation sites excluding steroid dienone is 1. The maximum absolute atomic E-state index is 12.7. The number of nitrogens with one attached hydrogen (secondary N) is 1. The van der Waals surface area contributed by atoms with Crippen molar-refractivity contribution in [3.8, 4) is 0 Å². The number of carbonyl (C=O) groups excluding carboxylic acids is 2. The van der Waals surface area contributed by atoms with E-state index in [2.05, 4.69) is 10.3 Å². The summed E-state index contributed by atoms with van der Waals surface area (Å²) >= 11 is 1.40. The zero-order valence-electron chi connectivity index (χ0n) is 13.0. The molecule has 2 aliphatic carbocycles. The molecule has 2 saturated carbocycles. The van der Waals surface area contributed by atoms with Crippen molar-refractivity contribution < 1.29 is 9.59 Å². The highest BCUT2D eigenvalue weighted by atomic mass is 32.1. The number of thiazole rings is 1. The van der Waals surface area contributed by atoms with Crippen molar-refractivity contribution in [1.29, 1.82) is 0 Å². The molecule has 0 radical (unpaired) electrons. The normalized spacial score (nSPS) is 23.7. The Morgan fingerprint density at radius 3 is 2.57 bits per heavy atom. The fourth-order valence-corrected chi connectivity index (χ4v) is 3.94. The first-order valence-corrected chi connectivity index (χ1v) is 9.33. The lowest BCUT2D eigenvalue weighted by Crippen LogP contribution is -2.42. The Hall–Kier alpha value is -1.69. The third-order valence-corrected chi connectivity index (χ3v) is 5.58. The molecule has 2 amide bonds. The van der Waals surface area contributed by atoms with Crippen molar-refractivity contribution in [2.24, 2.45) is 11.8 Å². The molecular weight excluding hydrogens is 310 g/mol. The van der Waals surface area contributed by atoms with Gasteiger partial charge in [0.15, 0.2) is 5.13 Å². The summed E-state index contributed by atoms with van der Waals surface area (Å²) in [5, 5.41) is 5.25. The van der Waals surface area contributed by atoms with Gasteiger partial charge in [0, 0.05) is 24.2 Å². The van der Waals surface area contributed by atoms with E-state index in [4.69, 9.17) is 0 Å². The Bertz CT molecular complexity index is 618. The van der Waals surface area contributed by atoms with Gasteiger partial charge < -0.3 is 10.2 Å². The Morgan fingerprint density at radius 1 is 1.22 bits per heavy atom. The smallest absolute Gasteiger partial charge is 0.248 e. The molecule has 0 unspecified atom stereocenters. The Balaban J connectivity index is 1.45. The van der Waals surface area contributed by atoms with Gasteiger partial charge in [0.05, 0.1) is 0 Å². The van der Waals surface area contributed by atoms with Crippen LogP contribution in [0.2, 0.25) is 0 Å². The largest absolute Gasteiger partial charge is 0.327 e. The van der Waals surface area contributed by atoms with Crippen molar-refractivity contribution in [2.45, 2.75) is 44.6 Å². The zero-order chi connectivity index (χ0) is 15.8. The van der Waals surface area contributed by atoms with Crippen molar-refractivity contribution >= 4 is 28.3 Å². The van der Waals surface area contributed by atoms with E-state index in [9.17, 15) is 9.59 Å².